The Bertz CT molecular complexity index is 976. The molecule has 1 saturated heterocycles. The standard InChI is InChI=1S/C22H29N5O3S/c28-22(24-16-17-4-2-11-23-15-17)26-18-7-9-20(10-8-18)31(29,30)21-6-1-5-19(14-21)27-13-3-12-25-27/h2,4,7-11,15,19,21,25H,1,3,5-6,12-14,16H2,(H2,24,26,28). The highest BCUT2D eigenvalue weighted by molar-refractivity contribution is 7.92. The van der Waals surface area contributed by atoms with Crippen LogP contribution >= 0.6 is 0 Å². The fourth-order valence-corrected chi connectivity index (χ4v) is 6.18. The lowest BCUT2D eigenvalue weighted by atomic mass is 9.94. The number of pyridine rings is 1. The molecule has 2 aromatic rings. The predicted molar refractivity (Wildman–Crippen MR) is 119 cm³/mol. The third-order valence-corrected chi connectivity index (χ3v) is 8.22. The van der Waals surface area contributed by atoms with Crippen LogP contribution in [-0.2, 0) is 16.4 Å². The quantitative estimate of drug-likeness (QED) is 0.634. The number of amides is 2. The van der Waals surface area contributed by atoms with E-state index in [2.05, 4.69) is 26.1 Å². The van der Waals surface area contributed by atoms with E-state index in [1.165, 1.54) is 0 Å². The lowest BCUT2D eigenvalue weighted by Gasteiger charge is -2.34. The van der Waals surface area contributed by atoms with Gasteiger partial charge in [0.1, 0.15) is 0 Å². The van der Waals surface area contributed by atoms with Gasteiger partial charge in [-0.2, -0.15) is 0 Å². The van der Waals surface area contributed by atoms with Gasteiger partial charge in [-0.05, 0) is 61.6 Å². The fraction of sp³-hybridized carbons (Fsp3) is 0.455. The van der Waals surface area contributed by atoms with E-state index in [-0.39, 0.29) is 17.3 Å². The minimum Gasteiger partial charge on any atom is -0.334 e. The maximum atomic E-state index is 13.2. The van der Waals surface area contributed by atoms with Crippen molar-refractivity contribution >= 4 is 21.6 Å². The van der Waals surface area contributed by atoms with Crippen LogP contribution in [0.1, 0.15) is 37.7 Å². The fourth-order valence-electron chi connectivity index (χ4n) is 4.33. The first-order valence-corrected chi connectivity index (χ1v) is 12.3. The van der Waals surface area contributed by atoms with Crippen LogP contribution < -0.4 is 16.1 Å². The molecule has 9 heteroatoms. The van der Waals surface area contributed by atoms with E-state index in [4.69, 9.17) is 0 Å². The summed E-state index contributed by atoms with van der Waals surface area (Å²) < 4.78 is 26.4. The Hall–Kier alpha value is -2.49. The van der Waals surface area contributed by atoms with Crippen molar-refractivity contribution in [3.63, 3.8) is 0 Å². The highest BCUT2D eigenvalue weighted by Crippen LogP contribution is 2.31. The summed E-state index contributed by atoms with van der Waals surface area (Å²) in [5.41, 5.74) is 4.82. The molecule has 2 unspecified atom stereocenters. The first kappa shape index (κ1) is 21.7. The summed E-state index contributed by atoms with van der Waals surface area (Å²) in [5.74, 6) is 0. The molecular formula is C22H29N5O3S. The molecule has 166 valence electrons. The van der Waals surface area contributed by atoms with Gasteiger partial charge >= 0.3 is 6.03 Å². The topological polar surface area (TPSA) is 103 Å². The number of hydrogen-bond acceptors (Lipinski definition) is 6. The number of hydrazine groups is 1. The first-order chi connectivity index (χ1) is 15.0. The number of sulfone groups is 1. The van der Waals surface area contributed by atoms with Crippen molar-refractivity contribution < 1.29 is 13.2 Å². The van der Waals surface area contributed by atoms with Crippen molar-refractivity contribution in [1.29, 1.82) is 0 Å². The van der Waals surface area contributed by atoms with Gasteiger partial charge in [0.25, 0.3) is 0 Å². The van der Waals surface area contributed by atoms with Gasteiger partial charge < -0.3 is 10.6 Å². The van der Waals surface area contributed by atoms with Crippen molar-refractivity contribution in [2.75, 3.05) is 18.4 Å². The first-order valence-electron chi connectivity index (χ1n) is 10.8. The maximum Gasteiger partial charge on any atom is 0.319 e. The second-order valence-corrected chi connectivity index (χ2v) is 10.4. The minimum absolute atomic E-state index is 0.278. The molecule has 1 aliphatic carbocycles. The van der Waals surface area contributed by atoms with Crippen LogP contribution in [0.4, 0.5) is 10.5 Å². The van der Waals surface area contributed by atoms with Crippen LogP contribution in [0.25, 0.3) is 0 Å². The number of anilines is 1. The summed E-state index contributed by atoms with van der Waals surface area (Å²) in [4.78, 5) is 16.4. The van der Waals surface area contributed by atoms with E-state index in [0.29, 0.717) is 30.0 Å². The van der Waals surface area contributed by atoms with Crippen LogP contribution in [0.3, 0.4) is 0 Å². The molecule has 4 rings (SSSR count). The van der Waals surface area contributed by atoms with Gasteiger partial charge in [0.2, 0.25) is 0 Å². The molecule has 2 amide bonds. The Labute approximate surface area is 183 Å². The molecule has 3 N–H and O–H groups in total. The zero-order valence-corrected chi connectivity index (χ0v) is 18.3. The molecule has 31 heavy (non-hydrogen) atoms. The molecule has 1 aromatic heterocycles. The Morgan fingerprint density at radius 2 is 2.00 bits per heavy atom. The molecule has 2 atom stereocenters. The molecule has 0 spiro atoms. The van der Waals surface area contributed by atoms with Crippen LogP contribution in [0.15, 0.2) is 53.7 Å². The van der Waals surface area contributed by atoms with E-state index in [0.717, 1.165) is 37.9 Å². The SMILES string of the molecule is O=C(NCc1cccnc1)Nc1ccc(S(=O)(=O)C2CCCC(N3CCCN3)C2)cc1. The van der Waals surface area contributed by atoms with Crippen LogP contribution in [0.2, 0.25) is 0 Å². The number of aromatic nitrogens is 1. The molecule has 2 fully saturated rings. The van der Waals surface area contributed by atoms with E-state index < -0.39 is 9.84 Å². The molecule has 1 aliphatic heterocycles. The monoisotopic (exact) mass is 443 g/mol. The molecule has 8 nitrogen and oxygen atoms in total. The number of carbonyl (C=O) groups excluding carboxylic acids is 1. The van der Waals surface area contributed by atoms with Gasteiger partial charge in [0.15, 0.2) is 9.84 Å². The third kappa shape index (κ3) is 5.41. The summed E-state index contributed by atoms with van der Waals surface area (Å²) in [5, 5.41) is 7.35. The number of benzene rings is 1. The van der Waals surface area contributed by atoms with Crippen molar-refractivity contribution in [2.45, 2.75) is 54.8 Å². The smallest absolute Gasteiger partial charge is 0.319 e. The predicted octanol–water partition coefficient (Wildman–Crippen LogP) is 2.70. The zero-order valence-electron chi connectivity index (χ0n) is 17.5. The normalized spacial score (nSPS) is 22.2. The van der Waals surface area contributed by atoms with Crippen molar-refractivity contribution in [3.05, 3.63) is 54.4 Å². The molecule has 2 heterocycles. The Kier molecular flexibility index (Phi) is 6.84. The van der Waals surface area contributed by atoms with E-state index in [1.54, 1.807) is 36.7 Å². The minimum atomic E-state index is -3.41. The largest absolute Gasteiger partial charge is 0.334 e. The number of nitrogens with zero attached hydrogens (tertiary/aromatic N) is 2. The second kappa shape index (κ2) is 9.76. The molecule has 1 aromatic carbocycles. The number of nitrogens with one attached hydrogen (secondary N) is 3. The molecule has 2 aliphatic rings. The highest BCUT2D eigenvalue weighted by Gasteiger charge is 2.35. The Morgan fingerprint density at radius 1 is 1.16 bits per heavy atom. The Balaban J connectivity index is 1.34. The van der Waals surface area contributed by atoms with Crippen LogP contribution in [-0.4, -0.2) is 48.8 Å². The van der Waals surface area contributed by atoms with E-state index in [1.807, 2.05) is 12.1 Å². The van der Waals surface area contributed by atoms with Gasteiger partial charge in [-0.3, -0.25) is 10.4 Å². The summed E-state index contributed by atoms with van der Waals surface area (Å²) >= 11 is 0. The molecule has 0 radical (unpaired) electrons. The van der Waals surface area contributed by atoms with Gasteiger partial charge in [-0.25, -0.2) is 18.2 Å². The average Bonchev–Trinajstić information content (AvgIpc) is 3.34. The van der Waals surface area contributed by atoms with Crippen molar-refractivity contribution in [2.24, 2.45) is 0 Å². The number of carbonyl (C=O) groups is 1. The van der Waals surface area contributed by atoms with E-state index in [9.17, 15) is 13.2 Å². The molecular weight excluding hydrogens is 414 g/mol. The van der Waals surface area contributed by atoms with E-state index >= 15 is 0 Å². The number of rotatable bonds is 6. The summed E-state index contributed by atoms with van der Waals surface area (Å²) in [6, 6.07) is 10.1. The summed E-state index contributed by atoms with van der Waals surface area (Å²) in [6.45, 7) is 2.32. The number of urea groups is 1. The van der Waals surface area contributed by atoms with Gasteiger partial charge in [-0.15, -0.1) is 0 Å². The average molecular weight is 444 g/mol. The maximum absolute atomic E-state index is 13.2. The van der Waals surface area contributed by atoms with Crippen molar-refractivity contribution in [3.8, 4) is 0 Å². The molecule has 0 bridgehead atoms. The Morgan fingerprint density at radius 3 is 2.71 bits per heavy atom. The summed E-state index contributed by atoms with van der Waals surface area (Å²) in [6.07, 6.45) is 7.79. The van der Waals surface area contributed by atoms with Crippen LogP contribution in [0, 0.1) is 0 Å². The van der Waals surface area contributed by atoms with Crippen LogP contribution in [0.5, 0.6) is 0 Å². The summed E-state index contributed by atoms with van der Waals surface area (Å²) in [7, 11) is -3.41. The lowest BCUT2D eigenvalue weighted by Crippen LogP contribution is -2.45. The zero-order chi connectivity index (χ0) is 21.7. The number of hydrogen-bond donors (Lipinski definition) is 3. The molecule has 1 saturated carbocycles. The van der Waals surface area contributed by atoms with Crippen molar-refractivity contribution in [1.82, 2.24) is 20.7 Å². The lowest BCUT2D eigenvalue weighted by molar-refractivity contribution is 0.138. The van der Waals surface area contributed by atoms with Gasteiger partial charge in [0.05, 0.1) is 10.1 Å². The van der Waals surface area contributed by atoms with Gasteiger partial charge in [-0.1, -0.05) is 12.5 Å². The van der Waals surface area contributed by atoms with Gasteiger partial charge in [0, 0.05) is 43.8 Å². The highest BCUT2D eigenvalue weighted by atomic mass is 32.2. The third-order valence-electron chi connectivity index (χ3n) is 5.99. The second-order valence-electron chi connectivity index (χ2n) is 8.14.